The van der Waals surface area contributed by atoms with Crippen LogP contribution in [0.25, 0.3) is 10.9 Å². The third-order valence-electron chi connectivity index (χ3n) is 7.22. The second kappa shape index (κ2) is 7.57. The van der Waals surface area contributed by atoms with Crippen LogP contribution in [0.1, 0.15) is 62.4 Å². The highest BCUT2D eigenvalue weighted by molar-refractivity contribution is 5.90. The molecule has 164 valence electrons. The number of likely N-dealkylation sites (N-methyl/N-ethyl adjacent to an activating group) is 1. The van der Waals surface area contributed by atoms with Gasteiger partial charge in [0.15, 0.2) is 0 Å². The van der Waals surface area contributed by atoms with Crippen molar-refractivity contribution in [1.82, 2.24) is 20.1 Å². The number of carbonyl (C=O) groups is 1. The summed E-state index contributed by atoms with van der Waals surface area (Å²) in [6, 6.07) is 4.86. The molecule has 1 aromatic heterocycles. The van der Waals surface area contributed by atoms with E-state index in [2.05, 4.69) is 41.3 Å². The number of H-pyrrole nitrogens is 1. The van der Waals surface area contributed by atoms with Gasteiger partial charge in [0, 0.05) is 54.2 Å². The lowest BCUT2D eigenvalue weighted by molar-refractivity contribution is 0.0783. The van der Waals surface area contributed by atoms with E-state index in [4.69, 9.17) is 0 Å². The zero-order valence-corrected chi connectivity index (χ0v) is 19.2. The number of piperidine rings is 1. The highest BCUT2D eigenvalue weighted by atomic mass is 16.3. The van der Waals surface area contributed by atoms with E-state index in [0.29, 0.717) is 12.0 Å². The lowest BCUT2D eigenvalue weighted by Gasteiger charge is -2.46. The first-order valence-corrected chi connectivity index (χ1v) is 11.3. The Hall–Kier alpha value is -2.05. The first-order valence-electron chi connectivity index (χ1n) is 11.3. The minimum atomic E-state index is -0.895. The monoisotopic (exact) mass is 412 g/mol. The Balaban J connectivity index is 1.72. The van der Waals surface area contributed by atoms with E-state index in [-0.39, 0.29) is 12.1 Å². The molecule has 3 N–H and O–H groups in total. The number of nitrogens with one attached hydrogen (secondary N) is 2. The van der Waals surface area contributed by atoms with Crippen LogP contribution >= 0.6 is 0 Å². The number of nitrogens with zero attached hydrogens (tertiary/aromatic N) is 2. The summed E-state index contributed by atoms with van der Waals surface area (Å²) >= 11 is 0. The highest BCUT2D eigenvalue weighted by Gasteiger charge is 2.41. The summed E-state index contributed by atoms with van der Waals surface area (Å²) < 4.78 is 0. The van der Waals surface area contributed by atoms with Crippen molar-refractivity contribution >= 4 is 16.9 Å². The number of aromatic nitrogens is 1. The van der Waals surface area contributed by atoms with Crippen LogP contribution in [0.4, 0.5) is 4.79 Å². The van der Waals surface area contributed by atoms with Crippen LogP contribution in [0.5, 0.6) is 0 Å². The van der Waals surface area contributed by atoms with Crippen LogP contribution in [0.15, 0.2) is 12.1 Å². The van der Waals surface area contributed by atoms with Crippen LogP contribution < -0.4 is 5.32 Å². The molecular formula is C24H36N4O2. The average Bonchev–Trinajstić information content (AvgIpc) is 2.99. The predicted octanol–water partition coefficient (Wildman–Crippen LogP) is 3.47. The number of fused-ring (bicyclic) bond motifs is 2. The number of amides is 2. The minimum Gasteiger partial charge on any atom is -0.386 e. The Morgan fingerprint density at radius 1 is 1.33 bits per heavy atom. The fourth-order valence-corrected chi connectivity index (χ4v) is 5.52. The first kappa shape index (κ1) is 21.2. The van der Waals surface area contributed by atoms with Crippen molar-refractivity contribution in [3.05, 3.63) is 34.5 Å². The Bertz CT molecular complexity index is 954. The minimum absolute atomic E-state index is 0.0289. The number of aliphatic hydroxyl groups is 1. The molecule has 1 unspecified atom stereocenters. The fraction of sp³-hybridized carbons (Fsp3) is 0.625. The molecule has 0 bridgehead atoms. The summed E-state index contributed by atoms with van der Waals surface area (Å²) in [5.74, 6) is 0.332. The molecule has 30 heavy (non-hydrogen) atoms. The molecule has 2 heterocycles. The number of likely N-dealkylation sites (tertiary alicyclic amines) is 1. The van der Waals surface area contributed by atoms with E-state index in [1.807, 2.05) is 32.6 Å². The van der Waals surface area contributed by atoms with E-state index < -0.39 is 5.60 Å². The van der Waals surface area contributed by atoms with Crippen molar-refractivity contribution in [3.8, 4) is 0 Å². The predicted molar refractivity (Wildman–Crippen MR) is 121 cm³/mol. The maximum atomic E-state index is 12.7. The molecule has 1 aliphatic heterocycles. The molecule has 1 saturated heterocycles. The Morgan fingerprint density at radius 2 is 2.03 bits per heavy atom. The molecule has 4 rings (SSSR count). The highest BCUT2D eigenvalue weighted by Crippen LogP contribution is 2.45. The van der Waals surface area contributed by atoms with Gasteiger partial charge in [0.05, 0.1) is 5.60 Å². The molecule has 2 amide bonds. The van der Waals surface area contributed by atoms with E-state index in [1.165, 1.54) is 22.2 Å². The molecule has 3 atom stereocenters. The molecule has 2 aliphatic rings. The number of carbonyl (C=O) groups excluding carboxylic acids is 1. The summed E-state index contributed by atoms with van der Waals surface area (Å²) in [4.78, 5) is 20.5. The van der Waals surface area contributed by atoms with Gasteiger partial charge in [-0.3, -0.25) is 0 Å². The molecule has 0 saturated carbocycles. The van der Waals surface area contributed by atoms with Crippen LogP contribution in [-0.2, 0) is 12.0 Å². The molecule has 2 aromatic rings. The summed E-state index contributed by atoms with van der Waals surface area (Å²) in [7, 11) is 2.18. The molecular weight excluding hydrogens is 376 g/mol. The molecule has 6 heteroatoms. The van der Waals surface area contributed by atoms with Gasteiger partial charge in [0.25, 0.3) is 0 Å². The van der Waals surface area contributed by atoms with Crippen molar-refractivity contribution in [1.29, 1.82) is 0 Å². The van der Waals surface area contributed by atoms with Gasteiger partial charge in [0.1, 0.15) is 0 Å². The van der Waals surface area contributed by atoms with Gasteiger partial charge in [-0.15, -0.1) is 0 Å². The standard InChI is InChI=1S/C24H36N4O2/c1-7-28(8-2)23(29)26-16-11-18-19-9-15(24(4,5)30)10-20-22(19)17(14(3)25-20)12-21(18)27(6)13-16/h9-10,16,18,21,25,30H,7-8,11-13H2,1-6H3,(H,26,29)/t16-,18?,21+/m0/s1. The number of aryl methyl sites for hydroxylation is 1. The molecule has 1 aromatic carbocycles. The summed E-state index contributed by atoms with van der Waals surface area (Å²) in [5.41, 5.74) is 5.11. The lowest BCUT2D eigenvalue weighted by atomic mass is 9.72. The van der Waals surface area contributed by atoms with Crippen molar-refractivity contribution in [3.63, 3.8) is 0 Å². The normalized spacial score (nSPS) is 24.0. The molecule has 1 aliphatic carbocycles. The molecule has 0 radical (unpaired) electrons. The van der Waals surface area contributed by atoms with Crippen molar-refractivity contribution in [2.75, 3.05) is 26.7 Å². The zero-order valence-electron chi connectivity index (χ0n) is 19.2. The van der Waals surface area contributed by atoms with E-state index in [9.17, 15) is 9.90 Å². The Labute approximate surface area is 179 Å². The number of hydrogen-bond donors (Lipinski definition) is 3. The van der Waals surface area contributed by atoms with Gasteiger partial charge in [-0.2, -0.15) is 0 Å². The van der Waals surface area contributed by atoms with E-state index in [0.717, 1.165) is 43.6 Å². The maximum Gasteiger partial charge on any atom is 0.317 e. The second-order valence-electron chi connectivity index (χ2n) is 9.65. The van der Waals surface area contributed by atoms with E-state index >= 15 is 0 Å². The SMILES string of the molecule is CCN(CC)C(=O)N[C@H]1CC2c3cc(C(C)(C)O)cc4[nH]c(C)c(c34)C[C@H]2N(C)C1. The fourth-order valence-electron chi connectivity index (χ4n) is 5.52. The van der Waals surface area contributed by atoms with Crippen molar-refractivity contribution < 1.29 is 9.90 Å². The number of urea groups is 1. The number of benzene rings is 1. The third kappa shape index (κ3) is 3.50. The van der Waals surface area contributed by atoms with Crippen LogP contribution in [-0.4, -0.2) is 64.7 Å². The topological polar surface area (TPSA) is 71.6 Å². The smallest absolute Gasteiger partial charge is 0.317 e. The average molecular weight is 413 g/mol. The molecule has 1 fully saturated rings. The zero-order chi connectivity index (χ0) is 21.8. The van der Waals surface area contributed by atoms with Gasteiger partial charge in [-0.1, -0.05) is 6.07 Å². The van der Waals surface area contributed by atoms with Gasteiger partial charge in [-0.05, 0) is 77.3 Å². The third-order valence-corrected chi connectivity index (χ3v) is 7.22. The summed E-state index contributed by atoms with van der Waals surface area (Å²) in [6.45, 7) is 12.2. The second-order valence-corrected chi connectivity index (χ2v) is 9.65. The van der Waals surface area contributed by atoms with E-state index in [1.54, 1.807) is 0 Å². The quantitative estimate of drug-likeness (QED) is 0.720. The number of rotatable bonds is 4. The summed E-state index contributed by atoms with van der Waals surface area (Å²) in [6.07, 6.45) is 1.95. The number of hydrogen-bond acceptors (Lipinski definition) is 3. The van der Waals surface area contributed by atoms with Gasteiger partial charge < -0.3 is 25.2 Å². The Kier molecular flexibility index (Phi) is 5.35. The lowest BCUT2D eigenvalue weighted by Crippen LogP contribution is -2.56. The maximum absolute atomic E-state index is 12.7. The first-order chi connectivity index (χ1) is 14.1. The van der Waals surface area contributed by atoms with Crippen LogP contribution in [0, 0.1) is 6.92 Å². The molecule has 0 spiro atoms. The van der Waals surface area contributed by atoms with Gasteiger partial charge in [-0.25, -0.2) is 4.79 Å². The number of aromatic amines is 1. The Morgan fingerprint density at radius 3 is 2.67 bits per heavy atom. The van der Waals surface area contributed by atoms with Crippen LogP contribution in [0.3, 0.4) is 0 Å². The summed E-state index contributed by atoms with van der Waals surface area (Å²) in [5, 5.41) is 15.3. The van der Waals surface area contributed by atoms with Crippen molar-refractivity contribution in [2.45, 2.75) is 71.1 Å². The van der Waals surface area contributed by atoms with Crippen molar-refractivity contribution in [2.24, 2.45) is 0 Å². The van der Waals surface area contributed by atoms with Crippen LogP contribution in [0.2, 0.25) is 0 Å². The largest absolute Gasteiger partial charge is 0.386 e. The molecule has 6 nitrogen and oxygen atoms in total. The van der Waals surface area contributed by atoms with Gasteiger partial charge in [0.2, 0.25) is 0 Å². The van der Waals surface area contributed by atoms with Gasteiger partial charge >= 0.3 is 6.03 Å².